The van der Waals surface area contributed by atoms with Gasteiger partial charge in [-0.3, -0.25) is 4.79 Å². The minimum absolute atomic E-state index is 0.218. The van der Waals surface area contributed by atoms with Crippen LogP contribution in [0.2, 0.25) is 5.02 Å². The highest BCUT2D eigenvalue weighted by molar-refractivity contribution is 6.33. The Morgan fingerprint density at radius 1 is 1.21 bits per heavy atom. The summed E-state index contributed by atoms with van der Waals surface area (Å²) in [5.74, 6) is 0.247. The van der Waals surface area contributed by atoms with Crippen LogP contribution < -0.4 is 5.32 Å². The molecule has 0 unspecified atom stereocenters. The molecule has 0 saturated heterocycles. The Hall–Kier alpha value is -3.12. The molecule has 0 aliphatic rings. The standard InChI is InChI=1S/C21H19ClN4O2/c1-14-18(19(25-28-14)16-7-2-3-8-17(16)22)21(27)24-11-5-12-26-13-9-15-6-4-10-23-20(15)26/h2-4,6-10,13H,5,11-12H2,1H3,(H,24,27). The third-order valence-corrected chi connectivity index (χ3v) is 4.93. The number of carbonyl (C=O) groups is 1. The molecule has 0 aliphatic heterocycles. The lowest BCUT2D eigenvalue weighted by Crippen LogP contribution is -2.26. The zero-order valence-corrected chi connectivity index (χ0v) is 16.1. The lowest BCUT2D eigenvalue weighted by molar-refractivity contribution is 0.0952. The first kappa shape index (κ1) is 18.3. The zero-order chi connectivity index (χ0) is 19.5. The topological polar surface area (TPSA) is 73.0 Å². The molecule has 0 atom stereocenters. The SMILES string of the molecule is Cc1onc(-c2ccccc2Cl)c1C(=O)NCCCn1ccc2cccnc21. The molecule has 1 N–H and O–H groups in total. The predicted molar refractivity (Wildman–Crippen MR) is 108 cm³/mol. The molecule has 6 nitrogen and oxygen atoms in total. The number of aryl methyl sites for hydroxylation is 2. The first-order valence-corrected chi connectivity index (χ1v) is 9.42. The van der Waals surface area contributed by atoms with E-state index in [0.717, 1.165) is 24.0 Å². The molecule has 142 valence electrons. The fraction of sp³-hybridized carbons (Fsp3) is 0.190. The van der Waals surface area contributed by atoms with Crippen LogP contribution >= 0.6 is 11.6 Å². The quantitative estimate of drug-likeness (QED) is 0.489. The van der Waals surface area contributed by atoms with Crippen molar-refractivity contribution in [2.45, 2.75) is 19.9 Å². The summed E-state index contributed by atoms with van der Waals surface area (Å²) >= 11 is 6.25. The summed E-state index contributed by atoms with van der Waals surface area (Å²) < 4.78 is 7.34. The van der Waals surface area contributed by atoms with Crippen LogP contribution in [0.15, 0.2) is 59.4 Å². The Labute approximate surface area is 167 Å². The van der Waals surface area contributed by atoms with Crippen molar-refractivity contribution in [3.63, 3.8) is 0 Å². The number of pyridine rings is 1. The van der Waals surface area contributed by atoms with Crippen molar-refractivity contribution >= 4 is 28.5 Å². The van der Waals surface area contributed by atoms with Crippen LogP contribution in [0, 0.1) is 6.92 Å². The summed E-state index contributed by atoms with van der Waals surface area (Å²) in [7, 11) is 0. The molecule has 4 rings (SSSR count). The van der Waals surface area contributed by atoms with Crippen molar-refractivity contribution < 1.29 is 9.32 Å². The van der Waals surface area contributed by atoms with Gasteiger partial charge < -0.3 is 14.4 Å². The number of benzene rings is 1. The molecular weight excluding hydrogens is 376 g/mol. The molecule has 4 aromatic rings. The first-order valence-electron chi connectivity index (χ1n) is 9.04. The molecule has 0 bridgehead atoms. The van der Waals surface area contributed by atoms with Crippen LogP contribution in [0.5, 0.6) is 0 Å². The van der Waals surface area contributed by atoms with Gasteiger partial charge in [0.05, 0.1) is 5.02 Å². The normalized spacial score (nSPS) is 11.1. The van der Waals surface area contributed by atoms with Gasteiger partial charge in [0.25, 0.3) is 5.91 Å². The Balaban J connectivity index is 1.42. The van der Waals surface area contributed by atoms with E-state index in [2.05, 4.69) is 20.0 Å². The highest BCUT2D eigenvalue weighted by atomic mass is 35.5. The van der Waals surface area contributed by atoms with Gasteiger partial charge in [0.1, 0.15) is 22.7 Å². The number of nitrogens with one attached hydrogen (secondary N) is 1. The Morgan fingerprint density at radius 3 is 2.93 bits per heavy atom. The number of amides is 1. The number of nitrogens with zero attached hydrogens (tertiary/aromatic N) is 3. The highest BCUT2D eigenvalue weighted by Gasteiger charge is 2.22. The maximum absolute atomic E-state index is 12.7. The van der Waals surface area contributed by atoms with Crippen molar-refractivity contribution in [3.05, 3.63) is 71.2 Å². The maximum atomic E-state index is 12.7. The largest absolute Gasteiger partial charge is 0.360 e. The van der Waals surface area contributed by atoms with E-state index < -0.39 is 0 Å². The van der Waals surface area contributed by atoms with Gasteiger partial charge in [0.15, 0.2) is 0 Å². The molecule has 1 amide bonds. The minimum atomic E-state index is -0.218. The van der Waals surface area contributed by atoms with Gasteiger partial charge in [0.2, 0.25) is 0 Å². The molecule has 3 aromatic heterocycles. The number of fused-ring (bicyclic) bond motifs is 1. The molecule has 7 heteroatoms. The molecule has 0 fully saturated rings. The lowest BCUT2D eigenvalue weighted by Gasteiger charge is -2.08. The number of hydrogen-bond acceptors (Lipinski definition) is 4. The van der Waals surface area contributed by atoms with Crippen LogP contribution in [-0.2, 0) is 6.54 Å². The summed E-state index contributed by atoms with van der Waals surface area (Å²) in [4.78, 5) is 17.1. The van der Waals surface area contributed by atoms with Gasteiger partial charge in [-0.05, 0) is 37.6 Å². The van der Waals surface area contributed by atoms with E-state index in [1.165, 1.54) is 0 Å². The van der Waals surface area contributed by atoms with Crippen LogP contribution in [0.1, 0.15) is 22.5 Å². The highest BCUT2D eigenvalue weighted by Crippen LogP contribution is 2.30. The van der Waals surface area contributed by atoms with Gasteiger partial charge >= 0.3 is 0 Å². The average molecular weight is 395 g/mol. The lowest BCUT2D eigenvalue weighted by atomic mass is 10.1. The van der Waals surface area contributed by atoms with E-state index in [1.54, 1.807) is 19.2 Å². The van der Waals surface area contributed by atoms with Gasteiger partial charge in [-0.1, -0.05) is 35.0 Å². The first-order chi connectivity index (χ1) is 13.6. The Kier molecular flexibility index (Phi) is 5.12. The summed E-state index contributed by atoms with van der Waals surface area (Å²) in [6.07, 6.45) is 4.57. The molecule has 0 radical (unpaired) electrons. The maximum Gasteiger partial charge on any atom is 0.257 e. The van der Waals surface area contributed by atoms with E-state index in [-0.39, 0.29) is 5.91 Å². The molecule has 0 aliphatic carbocycles. The van der Waals surface area contributed by atoms with Crippen molar-refractivity contribution in [2.24, 2.45) is 0 Å². The third kappa shape index (κ3) is 3.51. The van der Waals surface area contributed by atoms with Crippen LogP contribution in [0.3, 0.4) is 0 Å². The second-order valence-corrected chi connectivity index (χ2v) is 6.88. The van der Waals surface area contributed by atoms with Crippen molar-refractivity contribution in [1.29, 1.82) is 0 Å². The molecular formula is C21H19ClN4O2. The summed E-state index contributed by atoms with van der Waals surface area (Å²) in [6.45, 7) is 3.01. The van der Waals surface area contributed by atoms with Crippen LogP contribution in [0.25, 0.3) is 22.3 Å². The van der Waals surface area contributed by atoms with Crippen LogP contribution in [-0.4, -0.2) is 27.2 Å². The van der Waals surface area contributed by atoms with Gasteiger partial charge in [-0.15, -0.1) is 0 Å². The average Bonchev–Trinajstić information content (AvgIpc) is 3.29. The van der Waals surface area contributed by atoms with E-state index >= 15 is 0 Å². The predicted octanol–water partition coefficient (Wildman–Crippen LogP) is 4.47. The smallest absolute Gasteiger partial charge is 0.257 e. The number of aromatic nitrogens is 3. The number of rotatable bonds is 6. The minimum Gasteiger partial charge on any atom is -0.360 e. The molecule has 3 heterocycles. The fourth-order valence-electron chi connectivity index (χ4n) is 3.22. The second-order valence-electron chi connectivity index (χ2n) is 6.48. The van der Waals surface area contributed by atoms with Crippen LogP contribution in [0.4, 0.5) is 0 Å². The van der Waals surface area contributed by atoms with Gasteiger partial charge in [0, 0.05) is 36.4 Å². The van der Waals surface area contributed by atoms with Gasteiger partial charge in [-0.25, -0.2) is 4.98 Å². The molecule has 28 heavy (non-hydrogen) atoms. The molecule has 1 aromatic carbocycles. The fourth-order valence-corrected chi connectivity index (χ4v) is 3.44. The number of hydrogen-bond donors (Lipinski definition) is 1. The van der Waals surface area contributed by atoms with E-state index in [0.29, 0.717) is 34.1 Å². The Morgan fingerprint density at radius 2 is 2.07 bits per heavy atom. The zero-order valence-electron chi connectivity index (χ0n) is 15.4. The van der Waals surface area contributed by atoms with Crippen molar-refractivity contribution in [2.75, 3.05) is 6.54 Å². The van der Waals surface area contributed by atoms with E-state index in [4.69, 9.17) is 16.1 Å². The molecule has 0 saturated carbocycles. The summed E-state index contributed by atoms with van der Waals surface area (Å²) in [5, 5.41) is 8.62. The third-order valence-electron chi connectivity index (χ3n) is 4.60. The van der Waals surface area contributed by atoms with Crippen molar-refractivity contribution in [1.82, 2.24) is 20.0 Å². The number of halogens is 1. The van der Waals surface area contributed by atoms with Gasteiger partial charge in [-0.2, -0.15) is 0 Å². The van der Waals surface area contributed by atoms with Crippen molar-refractivity contribution in [3.8, 4) is 11.3 Å². The summed E-state index contributed by atoms with van der Waals surface area (Å²) in [5.41, 5.74) is 2.50. The monoisotopic (exact) mass is 394 g/mol. The van der Waals surface area contributed by atoms with E-state index in [9.17, 15) is 4.79 Å². The van der Waals surface area contributed by atoms with E-state index in [1.807, 2.05) is 42.6 Å². The Bertz CT molecular complexity index is 1130. The molecule has 0 spiro atoms. The second kappa shape index (κ2) is 7.86. The number of carbonyl (C=O) groups excluding carboxylic acids is 1. The summed E-state index contributed by atoms with van der Waals surface area (Å²) in [6, 6.07) is 13.3.